The number of anilines is 1. The molecule has 0 unspecified atom stereocenters. The number of piperazine rings is 1. The number of nitrogens with zero attached hydrogens (tertiary/aromatic N) is 6. The van der Waals surface area contributed by atoms with Crippen LogP contribution in [-0.4, -0.2) is 57.2 Å². The molecule has 1 aliphatic heterocycles. The zero-order chi connectivity index (χ0) is 22.0. The van der Waals surface area contributed by atoms with Crippen LogP contribution in [0.4, 0.5) is 19.0 Å². The first-order chi connectivity index (χ1) is 14.8. The number of aryl methyl sites for hydroxylation is 2. The minimum atomic E-state index is -4.78. The molecule has 1 fully saturated rings. The van der Waals surface area contributed by atoms with E-state index in [9.17, 15) is 13.2 Å². The van der Waals surface area contributed by atoms with Crippen LogP contribution in [0.3, 0.4) is 0 Å². The van der Waals surface area contributed by atoms with Crippen molar-refractivity contribution >= 4 is 5.82 Å². The molecule has 0 amide bonds. The molecule has 3 heterocycles. The molecule has 0 saturated carbocycles. The van der Waals surface area contributed by atoms with E-state index in [4.69, 9.17) is 0 Å². The van der Waals surface area contributed by atoms with Crippen molar-refractivity contribution in [2.24, 2.45) is 7.05 Å². The average molecular weight is 432 g/mol. The van der Waals surface area contributed by atoms with Crippen molar-refractivity contribution in [2.45, 2.75) is 19.8 Å². The Balaban J connectivity index is 1.52. The molecule has 31 heavy (non-hydrogen) atoms. The van der Waals surface area contributed by atoms with Gasteiger partial charge in [0.25, 0.3) is 0 Å². The summed E-state index contributed by atoms with van der Waals surface area (Å²) >= 11 is 0. The van der Waals surface area contributed by atoms with Gasteiger partial charge in [0.15, 0.2) is 5.82 Å². The summed E-state index contributed by atoms with van der Waals surface area (Å²) in [5, 5.41) is 4.39. The van der Waals surface area contributed by atoms with Crippen LogP contribution in [0.2, 0.25) is 0 Å². The number of hydrogen-bond acceptors (Lipinski definition) is 6. The predicted octanol–water partition coefficient (Wildman–Crippen LogP) is 3.41. The summed E-state index contributed by atoms with van der Waals surface area (Å²) in [5.41, 5.74) is 2.84. The van der Waals surface area contributed by atoms with Crippen molar-refractivity contribution in [3.63, 3.8) is 0 Å². The number of para-hydroxylation sites is 1. The van der Waals surface area contributed by atoms with Crippen molar-refractivity contribution in [1.29, 1.82) is 0 Å². The van der Waals surface area contributed by atoms with Gasteiger partial charge in [-0.3, -0.25) is 14.6 Å². The highest BCUT2D eigenvalue weighted by Gasteiger charge is 2.33. The highest BCUT2D eigenvalue weighted by atomic mass is 19.4. The van der Waals surface area contributed by atoms with Gasteiger partial charge in [-0.05, 0) is 19.1 Å². The molecule has 0 N–H and O–H groups in total. The van der Waals surface area contributed by atoms with Crippen LogP contribution in [0.1, 0.15) is 11.3 Å². The van der Waals surface area contributed by atoms with E-state index in [0.29, 0.717) is 24.6 Å². The number of alkyl halides is 3. The highest BCUT2D eigenvalue weighted by Crippen LogP contribution is 2.36. The number of ether oxygens (including phenoxy) is 1. The van der Waals surface area contributed by atoms with Crippen LogP contribution in [0.15, 0.2) is 42.9 Å². The predicted molar refractivity (Wildman–Crippen MR) is 110 cm³/mol. The monoisotopic (exact) mass is 432 g/mol. The number of benzene rings is 1. The second-order valence-corrected chi connectivity index (χ2v) is 7.45. The third-order valence-electron chi connectivity index (χ3n) is 5.23. The van der Waals surface area contributed by atoms with Gasteiger partial charge in [-0.25, -0.2) is 4.98 Å². The van der Waals surface area contributed by atoms with Gasteiger partial charge in [-0.15, -0.1) is 13.2 Å². The van der Waals surface area contributed by atoms with Crippen molar-refractivity contribution in [3.05, 3.63) is 54.1 Å². The van der Waals surface area contributed by atoms with Crippen molar-refractivity contribution < 1.29 is 17.9 Å². The van der Waals surface area contributed by atoms with Crippen LogP contribution in [-0.2, 0) is 13.6 Å². The van der Waals surface area contributed by atoms with Gasteiger partial charge < -0.3 is 9.64 Å². The summed E-state index contributed by atoms with van der Waals surface area (Å²) in [7, 11) is 1.91. The first kappa shape index (κ1) is 21.1. The molecule has 0 aliphatic carbocycles. The second-order valence-electron chi connectivity index (χ2n) is 7.45. The smallest absolute Gasteiger partial charge is 0.405 e. The molecule has 0 bridgehead atoms. The molecule has 0 spiro atoms. The van der Waals surface area contributed by atoms with E-state index >= 15 is 0 Å². The summed E-state index contributed by atoms with van der Waals surface area (Å²) in [5.74, 6) is 0.264. The fourth-order valence-corrected chi connectivity index (χ4v) is 3.79. The average Bonchev–Trinajstić information content (AvgIpc) is 3.04. The number of hydrogen-bond donors (Lipinski definition) is 0. The van der Waals surface area contributed by atoms with Gasteiger partial charge in [0.1, 0.15) is 11.4 Å². The molecule has 4 rings (SSSR count). The third kappa shape index (κ3) is 4.96. The lowest BCUT2D eigenvalue weighted by Gasteiger charge is -2.36. The van der Waals surface area contributed by atoms with Gasteiger partial charge in [0.2, 0.25) is 0 Å². The summed E-state index contributed by atoms with van der Waals surface area (Å²) in [6, 6.07) is 6.01. The lowest BCUT2D eigenvalue weighted by atomic mass is 10.1. The molecule has 164 valence electrons. The molecular weight excluding hydrogens is 409 g/mol. The number of halogens is 3. The van der Waals surface area contributed by atoms with Gasteiger partial charge >= 0.3 is 6.36 Å². The molecule has 1 saturated heterocycles. The van der Waals surface area contributed by atoms with Crippen LogP contribution in [0.5, 0.6) is 5.75 Å². The maximum Gasteiger partial charge on any atom is 0.573 e. The lowest BCUT2D eigenvalue weighted by molar-refractivity contribution is -0.274. The molecule has 0 radical (unpaired) electrons. The summed E-state index contributed by atoms with van der Waals surface area (Å²) < 4.78 is 44.6. The van der Waals surface area contributed by atoms with Crippen LogP contribution < -0.4 is 9.64 Å². The summed E-state index contributed by atoms with van der Waals surface area (Å²) in [6.45, 7) is 5.78. The van der Waals surface area contributed by atoms with Crippen LogP contribution in [0, 0.1) is 6.92 Å². The fourth-order valence-electron chi connectivity index (χ4n) is 3.79. The quantitative estimate of drug-likeness (QED) is 0.616. The lowest BCUT2D eigenvalue weighted by Crippen LogP contribution is -2.46. The molecule has 3 aromatic rings. The molecule has 10 heteroatoms. The number of rotatable bonds is 5. The van der Waals surface area contributed by atoms with E-state index in [2.05, 4.69) is 29.6 Å². The maximum absolute atomic E-state index is 12.9. The molecule has 1 aliphatic rings. The third-order valence-corrected chi connectivity index (χ3v) is 5.23. The molecule has 7 nitrogen and oxygen atoms in total. The molecule has 1 aromatic carbocycles. The Kier molecular flexibility index (Phi) is 5.81. The topological polar surface area (TPSA) is 59.3 Å². The van der Waals surface area contributed by atoms with Gasteiger partial charge in [-0.1, -0.05) is 12.1 Å². The van der Waals surface area contributed by atoms with Crippen molar-refractivity contribution in [2.75, 3.05) is 31.1 Å². The zero-order valence-electron chi connectivity index (χ0n) is 17.3. The van der Waals surface area contributed by atoms with Crippen molar-refractivity contribution in [3.8, 4) is 17.0 Å². The minimum Gasteiger partial charge on any atom is -0.405 e. The highest BCUT2D eigenvalue weighted by molar-refractivity contribution is 5.76. The largest absolute Gasteiger partial charge is 0.573 e. The van der Waals surface area contributed by atoms with Crippen molar-refractivity contribution in [1.82, 2.24) is 24.6 Å². The van der Waals surface area contributed by atoms with E-state index in [1.54, 1.807) is 18.3 Å². The first-order valence-electron chi connectivity index (χ1n) is 9.93. The van der Waals surface area contributed by atoms with Crippen LogP contribution >= 0.6 is 0 Å². The Hall–Kier alpha value is -3.14. The first-order valence-corrected chi connectivity index (χ1v) is 9.93. The van der Waals surface area contributed by atoms with Crippen LogP contribution in [0.25, 0.3) is 11.3 Å². The Morgan fingerprint density at radius 3 is 2.42 bits per heavy atom. The molecular formula is C21H23F3N6O. The Labute approximate surface area is 178 Å². The Morgan fingerprint density at radius 1 is 1.03 bits per heavy atom. The van der Waals surface area contributed by atoms with Gasteiger partial charge in [0, 0.05) is 69.5 Å². The molecule has 0 atom stereocenters. The van der Waals surface area contributed by atoms with Gasteiger partial charge in [0.05, 0.1) is 5.69 Å². The molecule has 2 aromatic heterocycles. The summed E-state index contributed by atoms with van der Waals surface area (Å²) in [4.78, 5) is 13.2. The maximum atomic E-state index is 12.9. The van der Waals surface area contributed by atoms with E-state index in [-0.39, 0.29) is 11.3 Å². The Morgan fingerprint density at radius 2 is 1.74 bits per heavy atom. The zero-order valence-corrected chi connectivity index (χ0v) is 17.3. The standard InChI is InChI=1S/C21H23F3N6O/c1-15-16(13-28(2)27-15)14-29-9-11-30(12-10-29)20-19(25-7-8-26-20)17-5-3-4-6-18(17)31-21(22,23)24/h3-8,13H,9-12,14H2,1-2H3. The van der Waals surface area contributed by atoms with E-state index < -0.39 is 6.36 Å². The SMILES string of the molecule is Cc1nn(C)cc1CN1CCN(c2nccnc2-c2ccccc2OC(F)(F)F)CC1. The number of aromatic nitrogens is 4. The minimum absolute atomic E-state index is 0.260. The van der Waals surface area contributed by atoms with Gasteiger partial charge in [-0.2, -0.15) is 5.10 Å². The van der Waals surface area contributed by atoms with E-state index in [1.807, 2.05) is 24.9 Å². The summed E-state index contributed by atoms with van der Waals surface area (Å²) in [6.07, 6.45) is 0.274. The van der Waals surface area contributed by atoms with E-state index in [0.717, 1.165) is 25.3 Å². The second kappa shape index (κ2) is 8.54. The van der Waals surface area contributed by atoms with E-state index in [1.165, 1.54) is 23.9 Å². The fraction of sp³-hybridized carbons (Fsp3) is 0.381. The normalized spacial score (nSPS) is 15.3. The Bertz CT molecular complexity index is 1040.